The Bertz CT molecular complexity index is 510. The van der Waals surface area contributed by atoms with Crippen LogP contribution in [0.15, 0.2) is 5.38 Å². The number of aryl methyl sites for hydroxylation is 1. The Balaban J connectivity index is 1.81. The predicted octanol–water partition coefficient (Wildman–Crippen LogP) is 1.47. The smallest absolute Gasteiger partial charge is 0.307 e. The predicted molar refractivity (Wildman–Crippen MR) is 72.0 cm³/mol. The lowest BCUT2D eigenvalue weighted by Gasteiger charge is -2.04. The van der Waals surface area contributed by atoms with Crippen molar-refractivity contribution in [1.82, 2.24) is 10.3 Å². The Kier molecular flexibility index (Phi) is 3.62. The van der Waals surface area contributed by atoms with Gasteiger partial charge in [0.2, 0.25) is 5.91 Å². The van der Waals surface area contributed by atoms with Gasteiger partial charge in [0.05, 0.1) is 16.8 Å². The van der Waals surface area contributed by atoms with Crippen molar-refractivity contribution in [3.8, 4) is 0 Å². The number of carbonyl (C=O) groups excluding carboxylic acids is 1. The highest BCUT2D eigenvalue weighted by Crippen LogP contribution is 2.58. The third kappa shape index (κ3) is 2.78. The van der Waals surface area contributed by atoms with E-state index < -0.39 is 23.2 Å². The van der Waals surface area contributed by atoms with Crippen LogP contribution < -0.4 is 5.32 Å². The van der Waals surface area contributed by atoms with Crippen LogP contribution >= 0.6 is 11.3 Å². The number of hydrogen-bond acceptors (Lipinski definition) is 4. The van der Waals surface area contributed by atoms with Gasteiger partial charge in [-0.15, -0.1) is 11.3 Å². The van der Waals surface area contributed by atoms with Gasteiger partial charge < -0.3 is 10.4 Å². The minimum absolute atomic E-state index is 0.161. The molecule has 2 rings (SSSR count). The van der Waals surface area contributed by atoms with E-state index in [1.807, 2.05) is 26.2 Å². The van der Waals surface area contributed by atoms with Gasteiger partial charge >= 0.3 is 5.97 Å². The Labute approximate surface area is 116 Å². The van der Waals surface area contributed by atoms with E-state index in [9.17, 15) is 9.59 Å². The van der Waals surface area contributed by atoms with Gasteiger partial charge in [-0.25, -0.2) is 4.98 Å². The number of nitrogens with one attached hydrogen (secondary N) is 1. The SMILES string of the molecule is Cc1csc(CCNC(=O)C2C(C(=O)O)C2(C)C)n1. The van der Waals surface area contributed by atoms with Gasteiger partial charge in [-0.3, -0.25) is 9.59 Å². The van der Waals surface area contributed by atoms with Crippen molar-refractivity contribution in [2.75, 3.05) is 6.54 Å². The van der Waals surface area contributed by atoms with E-state index >= 15 is 0 Å². The topological polar surface area (TPSA) is 79.3 Å². The van der Waals surface area contributed by atoms with Crippen LogP contribution in [0.2, 0.25) is 0 Å². The Morgan fingerprint density at radius 2 is 2.16 bits per heavy atom. The van der Waals surface area contributed by atoms with Crippen molar-refractivity contribution in [2.24, 2.45) is 17.3 Å². The second kappa shape index (κ2) is 4.92. The van der Waals surface area contributed by atoms with Crippen molar-refractivity contribution < 1.29 is 14.7 Å². The first-order valence-corrected chi connectivity index (χ1v) is 7.13. The van der Waals surface area contributed by atoms with Crippen LogP contribution in [0.4, 0.5) is 0 Å². The second-order valence-corrected chi connectivity index (χ2v) is 6.48. The highest BCUT2D eigenvalue weighted by atomic mass is 32.1. The summed E-state index contributed by atoms with van der Waals surface area (Å²) in [7, 11) is 0. The standard InChI is InChI=1S/C13H18N2O3S/c1-7-6-19-8(15-7)4-5-14-11(16)9-10(12(17)18)13(9,2)3/h6,9-10H,4-5H2,1-3H3,(H,14,16)(H,17,18). The quantitative estimate of drug-likeness (QED) is 0.857. The van der Waals surface area contributed by atoms with E-state index in [0.717, 1.165) is 10.7 Å². The number of rotatable bonds is 5. The first-order chi connectivity index (χ1) is 8.84. The molecule has 0 bridgehead atoms. The van der Waals surface area contributed by atoms with Gasteiger partial charge in [0.25, 0.3) is 0 Å². The van der Waals surface area contributed by atoms with Gasteiger partial charge in [-0.1, -0.05) is 13.8 Å². The number of nitrogens with zero attached hydrogens (tertiary/aromatic N) is 1. The molecule has 0 radical (unpaired) electrons. The number of amides is 1. The molecule has 2 unspecified atom stereocenters. The van der Waals surface area contributed by atoms with E-state index in [-0.39, 0.29) is 5.91 Å². The molecule has 2 atom stereocenters. The molecule has 1 saturated carbocycles. The number of carbonyl (C=O) groups is 2. The summed E-state index contributed by atoms with van der Waals surface area (Å²) in [5, 5.41) is 14.8. The summed E-state index contributed by atoms with van der Waals surface area (Å²) >= 11 is 1.57. The number of aliphatic carboxylic acids is 1. The molecule has 0 spiro atoms. The van der Waals surface area contributed by atoms with E-state index in [1.165, 1.54) is 0 Å². The van der Waals surface area contributed by atoms with Gasteiger partial charge in [0.15, 0.2) is 0 Å². The monoisotopic (exact) mass is 282 g/mol. The fourth-order valence-electron chi connectivity index (χ4n) is 2.51. The number of hydrogen-bond donors (Lipinski definition) is 2. The normalized spacial score (nSPS) is 23.9. The molecular formula is C13H18N2O3S. The fraction of sp³-hybridized carbons (Fsp3) is 0.615. The lowest BCUT2D eigenvalue weighted by molar-refractivity contribution is -0.140. The highest BCUT2D eigenvalue weighted by molar-refractivity contribution is 7.09. The van der Waals surface area contributed by atoms with Crippen LogP contribution in [0.5, 0.6) is 0 Å². The van der Waals surface area contributed by atoms with Crippen molar-refractivity contribution >= 4 is 23.2 Å². The molecule has 5 nitrogen and oxygen atoms in total. The van der Waals surface area contributed by atoms with Gasteiger partial charge in [-0.2, -0.15) is 0 Å². The van der Waals surface area contributed by atoms with Crippen LogP contribution in [0, 0.1) is 24.2 Å². The van der Waals surface area contributed by atoms with E-state index in [0.29, 0.717) is 13.0 Å². The Morgan fingerprint density at radius 1 is 1.47 bits per heavy atom. The number of aromatic nitrogens is 1. The molecule has 1 aromatic rings. The lowest BCUT2D eigenvalue weighted by Crippen LogP contribution is -2.29. The van der Waals surface area contributed by atoms with Gasteiger partial charge in [0, 0.05) is 24.0 Å². The molecule has 1 aliphatic rings. The summed E-state index contributed by atoms with van der Waals surface area (Å²) in [6, 6.07) is 0. The zero-order chi connectivity index (χ0) is 14.2. The first kappa shape index (κ1) is 14.0. The maximum atomic E-state index is 11.9. The molecule has 1 heterocycles. The Hall–Kier alpha value is -1.43. The molecule has 104 valence electrons. The summed E-state index contributed by atoms with van der Waals surface area (Å²) in [4.78, 5) is 27.3. The molecule has 1 amide bonds. The fourth-order valence-corrected chi connectivity index (χ4v) is 3.28. The molecule has 1 fully saturated rings. The zero-order valence-corrected chi connectivity index (χ0v) is 12.1. The molecule has 19 heavy (non-hydrogen) atoms. The van der Waals surface area contributed by atoms with Crippen LogP contribution in [-0.2, 0) is 16.0 Å². The van der Waals surface area contributed by atoms with Crippen LogP contribution in [0.25, 0.3) is 0 Å². The molecule has 0 saturated heterocycles. The summed E-state index contributed by atoms with van der Waals surface area (Å²) in [6.07, 6.45) is 0.690. The maximum Gasteiger partial charge on any atom is 0.307 e. The Morgan fingerprint density at radius 3 is 2.63 bits per heavy atom. The molecule has 6 heteroatoms. The second-order valence-electron chi connectivity index (χ2n) is 5.54. The lowest BCUT2D eigenvalue weighted by atomic mass is 10.1. The third-order valence-corrected chi connectivity index (χ3v) is 4.71. The van der Waals surface area contributed by atoms with Crippen molar-refractivity contribution in [3.05, 3.63) is 16.1 Å². The summed E-state index contributed by atoms with van der Waals surface area (Å²) < 4.78 is 0. The molecule has 0 aromatic carbocycles. The van der Waals surface area contributed by atoms with Gasteiger partial charge in [0.1, 0.15) is 0 Å². The average molecular weight is 282 g/mol. The van der Waals surface area contributed by atoms with Gasteiger partial charge in [-0.05, 0) is 12.3 Å². The highest BCUT2D eigenvalue weighted by Gasteiger charge is 2.65. The summed E-state index contributed by atoms with van der Waals surface area (Å²) in [6.45, 7) is 6.08. The summed E-state index contributed by atoms with van der Waals surface area (Å²) in [5.74, 6) is -2.02. The van der Waals surface area contributed by atoms with Crippen LogP contribution in [0.1, 0.15) is 24.5 Å². The maximum absolute atomic E-state index is 11.9. The minimum Gasteiger partial charge on any atom is -0.481 e. The minimum atomic E-state index is -0.888. The third-order valence-electron chi connectivity index (χ3n) is 3.68. The van der Waals surface area contributed by atoms with Crippen molar-refractivity contribution in [2.45, 2.75) is 27.2 Å². The molecular weight excluding hydrogens is 264 g/mol. The van der Waals surface area contributed by atoms with E-state index in [1.54, 1.807) is 11.3 Å². The molecule has 0 aliphatic heterocycles. The van der Waals surface area contributed by atoms with Crippen molar-refractivity contribution in [3.63, 3.8) is 0 Å². The molecule has 2 N–H and O–H groups in total. The van der Waals surface area contributed by atoms with Crippen LogP contribution in [-0.4, -0.2) is 28.5 Å². The average Bonchev–Trinajstić information content (AvgIpc) is 2.65. The summed E-state index contributed by atoms with van der Waals surface area (Å²) in [5.41, 5.74) is 0.550. The molecule has 1 aromatic heterocycles. The largest absolute Gasteiger partial charge is 0.481 e. The number of carboxylic acid groups (broad SMARTS) is 1. The molecule has 1 aliphatic carbocycles. The first-order valence-electron chi connectivity index (χ1n) is 6.25. The number of carboxylic acids is 1. The van der Waals surface area contributed by atoms with E-state index in [4.69, 9.17) is 5.11 Å². The van der Waals surface area contributed by atoms with Crippen molar-refractivity contribution in [1.29, 1.82) is 0 Å². The van der Waals surface area contributed by atoms with Crippen LogP contribution in [0.3, 0.4) is 0 Å². The number of thiazole rings is 1. The zero-order valence-electron chi connectivity index (χ0n) is 11.3. The van der Waals surface area contributed by atoms with E-state index in [2.05, 4.69) is 10.3 Å².